The smallest absolute Gasteiger partial charge is 0.228 e. The largest absolute Gasteiger partial charge is 0.436 e. The summed E-state index contributed by atoms with van der Waals surface area (Å²) in [5, 5.41) is 0.524. The highest BCUT2D eigenvalue weighted by Gasteiger charge is 2.14. The zero-order valence-corrected chi connectivity index (χ0v) is 11.1. The van der Waals surface area contributed by atoms with Crippen molar-refractivity contribution >= 4 is 28.5 Å². The minimum atomic E-state index is -0.699. The Balaban J connectivity index is 2.11. The van der Waals surface area contributed by atoms with Crippen molar-refractivity contribution < 1.29 is 13.6 Å². The number of carbonyl (C=O) groups is 1. The van der Waals surface area contributed by atoms with Crippen molar-refractivity contribution in [1.82, 2.24) is 9.97 Å². The summed E-state index contributed by atoms with van der Waals surface area (Å²) in [4.78, 5) is 19.2. The molecule has 1 aromatic carbocycles. The molecule has 2 aromatic heterocycles. The van der Waals surface area contributed by atoms with Crippen LogP contribution >= 0.6 is 11.6 Å². The topological polar surface area (TPSA) is 56.0 Å². The van der Waals surface area contributed by atoms with E-state index in [1.807, 2.05) is 0 Å². The average Bonchev–Trinajstić information content (AvgIpc) is 2.81. The molecular formula is C14H8ClFN2O2. The lowest BCUT2D eigenvalue weighted by molar-refractivity contribution is 0.100. The standard InChI is InChI=1S/C14H8ClFN2O2/c1-7(19)13-10(16)4-8(6-17-13)14-18-11-3-2-9(15)5-12(11)20-14/h2-6H,1H3. The van der Waals surface area contributed by atoms with Gasteiger partial charge in [-0.1, -0.05) is 11.6 Å². The maximum atomic E-state index is 13.7. The fourth-order valence-corrected chi connectivity index (χ4v) is 2.00. The van der Waals surface area contributed by atoms with Crippen molar-refractivity contribution in [2.24, 2.45) is 0 Å². The quantitative estimate of drug-likeness (QED) is 0.672. The number of fused-ring (bicyclic) bond motifs is 1. The van der Waals surface area contributed by atoms with Gasteiger partial charge in [-0.3, -0.25) is 4.79 Å². The zero-order valence-electron chi connectivity index (χ0n) is 10.4. The van der Waals surface area contributed by atoms with Crippen molar-refractivity contribution in [2.75, 3.05) is 0 Å². The highest BCUT2D eigenvalue weighted by Crippen LogP contribution is 2.26. The molecular weight excluding hydrogens is 283 g/mol. The van der Waals surface area contributed by atoms with Gasteiger partial charge in [0.1, 0.15) is 11.2 Å². The summed E-state index contributed by atoms with van der Waals surface area (Å²) >= 11 is 5.86. The lowest BCUT2D eigenvalue weighted by atomic mass is 10.2. The maximum absolute atomic E-state index is 13.7. The number of hydrogen-bond acceptors (Lipinski definition) is 4. The average molecular weight is 291 g/mol. The van der Waals surface area contributed by atoms with Gasteiger partial charge < -0.3 is 4.42 Å². The number of nitrogens with zero attached hydrogens (tertiary/aromatic N) is 2. The van der Waals surface area contributed by atoms with Crippen LogP contribution in [0.1, 0.15) is 17.4 Å². The first-order valence-electron chi connectivity index (χ1n) is 5.77. The number of halogens is 2. The van der Waals surface area contributed by atoms with Crippen molar-refractivity contribution in [2.45, 2.75) is 6.92 Å². The van der Waals surface area contributed by atoms with E-state index in [0.717, 1.165) is 0 Å². The number of oxazole rings is 1. The molecule has 3 aromatic rings. The first-order valence-corrected chi connectivity index (χ1v) is 6.15. The highest BCUT2D eigenvalue weighted by molar-refractivity contribution is 6.31. The van der Waals surface area contributed by atoms with Crippen molar-refractivity contribution in [3.8, 4) is 11.5 Å². The second-order valence-corrected chi connectivity index (χ2v) is 4.68. The first kappa shape index (κ1) is 12.7. The molecule has 0 radical (unpaired) electrons. The van der Waals surface area contributed by atoms with Crippen LogP contribution in [0.5, 0.6) is 0 Å². The van der Waals surface area contributed by atoms with E-state index in [1.165, 1.54) is 19.2 Å². The van der Waals surface area contributed by atoms with Gasteiger partial charge in [0.2, 0.25) is 5.89 Å². The molecule has 0 aliphatic heterocycles. The van der Waals surface area contributed by atoms with E-state index in [0.29, 0.717) is 21.7 Å². The summed E-state index contributed by atoms with van der Waals surface area (Å²) in [6.45, 7) is 1.26. The van der Waals surface area contributed by atoms with E-state index in [-0.39, 0.29) is 11.6 Å². The van der Waals surface area contributed by atoms with Crippen LogP contribution in [0.25, 0.3) is 22.6 Å². The molecule has 0 saturated carbocycles. The normalized spacial score (nSPS) is 10.9. The van der Waals surface area contributed by atoms with Crippen LogP contribution in [0.2, 0.25) is 5.02 Å². The minimum absolute atomic E-state index is 0.201. The summed E-state index contributed by atoms with van der Waals surface area (Å²) in [7, 11) is 0. The molecule has 20 heavy (non-hydrogen) atoms. The Morgan fingerprint density at radius 1 is 1.35 bits per heavy atom. The molecule has 0 aliphatic carbocycles. The van der Waals surface area contributed by atoms with Crippen molar-refractivity contribution in [3.63, 3.8) is 0 Å². The predicted molar refractivity (Wildman–Crippen MR) is 72.2 cm³/mol. The Hall–Kier alpha value is -2.27. The van der Waals surface area contributed by atoms with E-state index >= 15 is 0 Å². The SMILES string of the molecule is CC(=O)c1ncc(-c2nc3ccc(Cl)cc3o2)cc1F. The Morgan fingerprint density at radius 3 is 2.85 bits per heavy atom. The molecule has 0 bridgehead atoms. The molecule has 6 heteroatoms. The number of hydrogen-bond donors (Lipinski definition) is 0. The first-order chi connectivity index (χ1) is 9.54. The summed E-state index contributed by atoms with van der Waals surface area (Å²) in [5.74, 6) is -0.905. The third kappa shape index (κ3) is 2.16. The molecule has 0 N–H and O–H groups in total. The van der Waals surface area contributed by atoms with Crippen LogP contribution < -0.4 is 0 Å². The van der Waals surface area contributed by atoms with Gasteiger partial charge in [0.25, 0.3) is 0 Å². The zero-order chi connectivity index (χ0) is 14.3. The molecule has 4 nitrogen and oxygen atoms in total. The van der Waals surface area contributed by atoms with Gasteiger partial charge >= 0.3 is 0 Å². The lowest BCUT2D eigenvalue weighted by Crippen LogP contribution is -2.01. The van der Waals surface area contributed by atoms with E-state index < -0.39 is 11.6 Å². The number of ketones is 1. The summed E-state index contributed by atoms with van der Waals surface area (Å²) in [6.07, 6.45) is 1.35. The summed E-state index contributed by atoms with van der Waals surface area (Å²) < 4.78 is 19.2. The third-order valence-corrected chi connectivity index (χ3v) is 3.01. The minimum Gasteiger partial charge on any atom is -0.436 e. The molecule has 0 spiro atoms. The second-order valence-electron chi connectivity index (χ2n) is 4.24. The van der Waals surface area contributed by atoms with Crippen molar-refractivity contribution in [1.29, 1.82) is 0 Å². The molecule has 0 fully saturated rings. The van der Waals surface area contributed by atoms with Crippen molar-refractivity contribution in [3.05, 3.63) is 47.0 Å². The van der Waals surface area contributed by atoms with Gasteiger partial charge in [0.05, 0.1) is 5.56 Å². The van der Waals surface area contributed by atoms with E-state index in [2.05, 4.69) is 9.97 Å². The van der Waals surface area contributed by atoms with E-state index in [1.54, 1.807) is 18.2 Å². The van der Waals surface area contributed by atoms with Crippen LogP contribution in [-0.2, 0) is 0 Å². The number of carbonyl (C=O) groups excluding carboxylic acids is 1. The van der Waals surface area contributed by atoms with Crippen LogP contribution in [0.3, 0.4) is 0 Å². The van der Waals surface area contributed by atoms with Gasteiger partial charge in [0.15, 0.2) is 17.2 Å². The molecule has 0 saturated heterocycles. The summed E-state index contributed by atoms with van der Waals surface area (Å²) in [5.41, 5.74) is 1.27. The Bertz CT molecular complexity index is 829. The number of pyridine rings is 1. The molecule has 0 amide bonds. The fraction of sp³-hybridized carbons (Fsp3) is 0.0714. The monoisotopic (exact) mass is 290 g/mol. The molecule has 0 aliphatic rings. The van der Waals surface area contributed by atoms with Crippen LogP contribution in [-0.4, -0.2) is 15.8 Å². The number of Topliss-reactive ketones (excluding diaryl/α,β-unsaturated/α-hetero) is 1. The van der Waals surface area contributed by atoms with Gasteiger partial charge in [-0.05, 0) is 18.2 Å². The molecule has 100 valence electrons. The second kappa shape index (κ2) is 4.68. The molecule has 0 unspecified atom stereocenters. The number of aromatic nitrogens is 2. The molecule has 0 atom stereocenters. The van der Waals surface area contributed by atoms with Gasteiger partial charge in [-0.25, -0.2) is 14.4 Å². The maximum Gasteiger partial charge on any atom is 0.228 e. The van der Waals surface area contributed by atoms with E-state index in [9.17, 15) is 9.18 Å². The third-order valence-electron chi connectivity index (χ3n) is 2.77. The Labute approximate surface area is 118 Å². The van der Waals surface area contributed by atoms with Crippen LogP contribution in [0.15, 0.2) is 34.9 Å². The van der Waals surface area contributed by atoms with Gasteiger partial charge in [0, 0.05) is 24.2 Å². The summed E-state index contributed by atoms with van der Waals surface area (Å²) in [6, 6.07) is 6.20. The Morgan fingerprint density at radius 2 is 2.15 bits per heavy atom. The lowest BCUT2D eigenvalue weighted by Gasteiger charge is -1.99. The molecule has 2 heterocycles. The predicted octanol–water partition coefficient (Wildman–Crippen LogP) is 3.88. The Kier molecular flexibility index (Phi) is 2.99. The van der Waals surface area contributed by atoms with Crippen LogP contribution in [0, 0.1) is 5.82 Å². The van der Waals surface area contributed by atoms with E-state index in [4.69, 9.17) is 16.0 Å². The fourth-order valence-electron chi connectivity index (χ4n) is 1.84. The van der Waals surface area contributed by atoms with Crippen LogP contribution in [0.4, 0.5) is 4.39 Å². The van der Waals surface area contributed by atoms with Gasteiger partial charge in [-0.15, -0.1) is 0 Å². The number of rotatable bonds is 2. The highest BCUT2D eigenvalue weighted by atomic mass is 35.5. The number of benzene rings is 1. The molecule has 3 rings (SSSR count). The van der Waals surface area contributed by atoms with Gasteiger partial charge in [-0.2, -0.15) is 0 Å².